The van der Waals surface area contributed by atoms with Crippen LogP contribution in [0.15, 0.2) is 42.5 Å². The summed E-state index contributed by atoms with van der Waals surface area (Å²) in [5.41, 5.74) is 11.8. The molecule has 0 radical (unpaired) electrons. The molecule has 2 rings (SSSR count). The van der Waals surface area contributed by atoms with Gasteiger partial charge in [0.2, 0.25) is 0 Å². The average Bonchev–Trinajstić information content (AvgIpc) is 2.43. The predicted octanol–water partition coefficient (Wildman–Crippen LogP) is 4.41. The zero-order valence-corrected chi connectivity index (χ0v) is 13.6. The maximum Gasteiger partial charge on any atom is 0.0426 e. The normalized spacial score (nSPS) is 10.9. The molecule has 0 aliphatic rings. The smallest absolute Gasteiger partial charge is 0.0426 e. The van der Waals surface area contributed by atoms with Crippen molar-refractivity contribution in [3.63, 3.8) is 0 Å². The van der Waals surface area contributed by atoms with E-state index in [4.69, 9.17) is 5.73 Å². The van der Waals surface area contributed by atoms with Gasteiger partial charge in [-0.3, -0.25) is 0 Å². The van der Waals surface area contributed by atoms with Gasteiger partial charge in [0.25, 0.3) is 0 Å². The first-order valence-electron chi connectivity index (χ1n) is 7.61. The standard InChI is InChI=1S/C19H26N2/c1-14(2)11-16-5-8-18(9-6-16)21(4)13-17-7-10-19(20)15(3)12-17/h5-10,12,14H,11,13,20H2,1-4H3. The molecule has 21 heavy (non-hydrogen) atoms. The van der Waals surface area contributed by atoms with E-state index in [0.717, 1.165) is 24.2 Å². The molecule has 0 atom stereocenters. The monoisotopic (exact) mass is 282 g/mol. The molecule has 2 heteroatoms. The fourth-order valence-corrected chi connectivity index (χ4v) is 2.56. The number of nitrogens with zero attached hydrogens (tertiary/aromatic N) is 1. The first kappa shape index (κ1) is 15.4. The van der Waals surface area contributed by atoms with Crippen LogP contribution in [0.1, 0.15) is 30.5 Å². The number of hydrogen-bond acceptors (Lipinski definition) is 2. The molecule has 2 aromatic carbocycles. The topological polar surface area (TPSA) is 29.3 Å². The molecule has 0 bridgehead atoms. The summed E-state index contributed by atoms with van der Waals surface area (Å²) in [6, 6.07) is 15.2. The second-order valence-electron chi connectivity index (χ2n) is 6.31. The van der Waals surface area contributed by atoms with Gasteiger partial charge in [0.05, 0.1) is 0 Å². The van der Waals surface area contributed by atoms with Gasteiger partial charge in [-0.2, -0.15) is 0 Å². The molecule has 0 amide bonds. The summed E-state index contributed by atoms with van der Waals surface area (Å²) >= 11 is 0. The van der Waals surface area contributed by atoms with Gasteiger partial charge >= 0.3 is 0 Å². The maximum atomic E-state index is 5.87. The third-order valence-electron chi connectivity index (χ3n) is 3.78. The highest BCUT2D eigenvalue weighted by Gasteiger charge is 2.04. The Kier molecular flexibility index (Phi) is 4.89. The van der Waals surface area contributed by atoms with E-state index in [1.165, 1.54) is 16.8 Å². The largest absolute Gasteiger partial charge is 0.399 e. The van der Waals surface area contributed by atoms with Crippen LogP contribution in [0, 0.1) is 12.8 Å². The lowest BCUT2D eigenvalue weighted by Crippen LogP contribution is -2.16. The Morgan fingerprint density at radius 2 is 1.62 bits per heavy atom. The Labute approximate surface area is 128 Å². The average molecular weight is 282 g/mol. The molecule has 2 aromatic rings. The highest BCUT2D eigenvalue weighted by atomic mass is 15.1. The van der Waals surface area contributed by atoms with E-state index in [1.807, 2.05) is 6.07 Å². The third kappa shape index (κ3) is 4.25. The molecular weight excluding hydrogens is 256 g/mol. The summed E-state index contributed by atoms with van der Waals surface area (Å²) in [4.78, 5) is 2.27. The Morgan fingerprint density at radius 1 is 1.00 bits per heavy atom. The second kappa shape index (κ2) is 6.66. The SMILES string of the molecule is Cc1cc(CN(C)c2ccc(CC(C)C)cc2)ccc1N. The zero-order chi connectivity index (χ0) is 15.4. The van der Waals surface area contributed by atoms with Gasteiger partial charge in [0, 0.05) is 25.0 Å². The molecule has 0 aliphatic heterocycles. The summed E-state index contributed by atoms with van der Waals surface area (Å²) in [6.45, 7) is 7.46. The number of anilines is 2. The van der Waals surface area contributed by atoms with E-state index >= 15 is 0 Å². The van der Waals surface area contributed by atoms with Crippen molar-refractivity contribution in [3.8, 4) is 0 Å². The van der Waals surface area contributed by atoms with Crippen molar-refractivity contribution in [2.75, 3.05) is 17.7 Å². The highest BCUT2D eigenvalue weighted by Crippen LogP contribution is 2.19. The van der Waals surface area contributed by atoms with Gasteiger partial charge in [0.1, 0.15) is 0 Å². The third-order valence-corrected chi connectivity index (χ3v) is 3.78. The van der Waals surface area contributed by atoms with Gasteiger partial charge in [-0.1, -0.05) is 38.1 Å². The van der Waals surface area contributed by atoms with Crippen molar-refractivity contribution in [2.45, 2.75) is 33.7 Å². The lowest BCUT2D eigenvalue weighted by Gasteiger charge is -2.20. The van der Waals surface area contributed by atoms with Gasteiger partial charge in [-0.25, -0.2) is 0 Å². The number of rotatable bonds is 5. The second-order valence-corrected chi connectivity index (χ2v) is 6.31. The van der Waals surface area contributed by atoms with E-state index in [9.17, 15) is 0 Å². The van der Waals surface area contributed by atoms with E-state index in [-0.39, 0.29) is 0 Å². The van der Waals surface area contributed by atoms with Crippen LogP contribution in [-0.2, 0) is 13.0 Å². The van der Waals surface area contributed by atoms with Crippen LogP contribution in [-0.4, -0.2) is 7.05 Å². The summed E-state index contributed by atoms with van der Waals surface area (Å²) < 4.78 is 0. The van der Waals surface area contributed by atoms with Crippen molar-refractivity contribution >= 4 is 11.4 Å². The van der Waals surface area contributed by atoms with Crippen molar-refractivity contribution in [2.24, 2.45) is 5.92 Å². The highest BCUT2D eigenvalue weighted by molar-refractivity contribution is 5.50. The number of nitrogen functional groups attached to an aromatic ring is 1. The predicted molar refractivity (Wildman–Crippen MR) is 92.7 cm³/mol. The van der Waals surface area contributed by atoms with Gasteiger partial charge in [-0.05, 0) is 54.2 Å². The number of nitrogens with two attached hydrogens (primary N) is 1. The molecule has 0 saturated heterocycles. The van der Waals surface area contributed by atoms with E-state index in [2.05, 4.69) is 69.1 Å². The van der Waals surface area contributed by atoms with E-state index in [0.29, 0.717) is 5.92 Å². The minimum Gasteiger partial charge on any atom is -0.399 e. The summed E-state index contributed by atoms with van der Waals surface area (Å²) in [5, 5.41) is 0. The lowest BCUT2D eigenvalue weighted by atomic mass is 10.0. The molecule has 0 aromatic heterocycles. The van der Waals surface area contributed by atoms with Crippen molar-refractivity contribution < 1.29 is 0 Å². The van der Waals surface area contributed by atoms with Crippen LogP contribution in [0.3, 0.4) is 0 Å². The molecular formula is C19H26N2. The molecule has 2 nitrogen and oxygen atoms in total. The molecule has 0 aliphatic carbocycles. The molecule has 2 N–H and O–H groups in total. The Morgan fingerprint density at radius 3 is 2.19 bits per heavy atom. The van der Waals surface area contributed by atoms with Gasteiger partial charge in [-0.15, -0.1) is 0 Å². The van der Waals surface area contributed by atoms with Crippen LogP contribution < -0.4 is 10.6 Å². The van der Waals surface area contributed by atoms with Crippen LogP contribution in [0.2, 0.25) is 0 Å². The quantitative estimate of drug-likeness (QED) is 0.823. The first-order chi connectivity index (χ1) is 9.95. The van der Waals surface area contributed by atoms with Crippen molar-refractivity contribution in [1.29, 1.82) is 0 Å². The van der Waals surface area contributed by atoms with Crippen LogP contribution >= 0.6 is 0 Å². The van der Waals surface area contributed by atoms with Crippen LogP contribution in [0.4, 0.5) is 11.4 Å². The fourth-order valence-electron chi connectivity index (χ4n) is 2.56. The number of aryl methyl sites for hydroxylation is 1. The summed E-state index contributed by atoms with van der Waals surface area (Å²) in [5.74, 6) is 0.700. The van der Waals surface area contributed by atoms with Gasteiger partial charge < -0.3 is 10.6 Å². The number of hydrogen-bond donors (Lipinski definition) is 1. The molecule has 0 spiro atoms. The van der Waals surface area contributed by atoms with Gasteiger partial charge in [0.15, 0.2) is 0 Å². The summed E-state index contributed by atoms with van der Waals surface area (Å²) in [6.07, 6.45) is 1.14. The minimum atomic E-state index is 0.700. The fraction of sp³-hybridized carbons (Fsp3) is 0.368. The van der Waals surface area contributed by atoms with E-state index < -0.39 is 0 Å². The van der Waals surface area contributed by atoms with E-state index in [1.54, 1.807) is 0 Å². The molecule has 0 heterocycles. The maximum absolute atomic E-state index is 5.87. The van der Waals surface area contributed by atoms with Crippen LogP contribution in [0.25, 0.3) is 0 Å². The Bertz CT molecular complexity index is 585. The first-order valence-corrected chi connectivity index (χ1v) is 7.61. The van der Waals surface area contributed by atoms with Crippen molar-refractivity contribution in [1.82, 2.24) is 0 Å². The Hall–Kier alpha value is -1.96. The zero-order valence-electron chi connectivity index (χ0n) is 13.6. The molecule has 112 valence electrons. The molecule has 0 unspecified atom stereocenters. The molecule has 0 saturated carbocycles. The lowest BCUT2D eigenvalue weighted by molar-refractivity contribution is 0.647. The van der Waals surface area contributed by atoms with Crippen molar-refractivity contribution in [3.05, 3.63) is 59.2 Å². The molecule has 0 fully saturated rings. The Balaban J connectivity index is 2.05. The minimum absolute atomic E-state index is 0.700. The van der Waals surface area contributed by atoms with Crippen LogP contribution in [0.5, 0.6) is 0 Å². The summed E-state index contributed by atoms with van der Waals surface area (Å²) in [7, 11) is 2.13. The number of benzene rings is 2.